The molecule has 64 valence electrons. The zero-order chi connectivity index (χ0) is 8.27. The van der Waals surface area contributed by atoms with Crippen LogP contribution in [0, 0.1) is 0 Å². The summed E-state index contributed by atoms with van der Waals surface area (Å²) in [5, 5.41) is 5.85. The lowest BCUT2D eigenvalue weighted by Gasteiger charge is -2.33. The van der Waals surface area contributed by atoms with Gasteiger partial charge >= 0.3 is 6.03 Å². The van der Waals surface area contributed by atoms with Gasteiger partial charge in [-0.05, 0) is 6.92 Å². The first-order chi connectivity index (χ1) is 5.25. The van der Waals surface area contributed by atoms with Gasteiger partial charge in [0.15, 0.2) is 0 Å². The smallest absolute Gasteiger partial charge is 0.317 e. The average Bonchev–Trinajstić information content (AvgIpc) is 2.04. The second-order valence-corrected chi connectivity index (χ2v) is 2.80. The van der Waals surface area contributed by atoms with E-state index in [0.29, 0.717) is 6.04 Å². The summed E-state index contributed by atoms with van der Waals surface area (Å²) in [6.07, 6.45) is 0. The van der Waals surface area contributed by atoms with E-state index in [1.54, 1.807) is 7.05 Å². The highest BCUT2D eigenvalue weighted by Crippen LogP contribution is 2.01. The number of carbonyl (C=O) groups excluding carboxylic acids is 1. The van der Waals surface area contributed by atoms with Crippen molar-refractivity contribution in [2.45, 2.75) is 13.0 Å². The first-order valence-electron chi connectivity index (χ1n) is 3.94. The lowest BCUT2D eigenvalue weighted by molar-refractivity contribution is 0.166. The van der Waals surface area contributed by atoms with Gasteiger partial charge in [0, 0.05) is 32.7 Å². The van der Waals surface area contributed by atoms with Gasteiger partial charge in [-0.1, -0.05) is 0 Å². The molecule has 1 fully saturated rings. The average molecular weight is 157 g/mol. The molecule has 1 aliphatic rings. The molecule has 1 atom stereocenters. The van der Waals surface area contributed by atoms with Gasteiger partial charge in [-0.15, -0.1) is 0 Å². The number of rotatable bonds is 0. The Labute approximate surface area is 66.9 Å². The van der Waals surface area contributed by atoms with Crippen molar-refractivity contribution >= 4 is 6.03 Å². The zero-order valence-corrected chi connectivity index (χ0v) is 7.05. The lowest BCUT2D eigenvalue weighted by atomic mass is 10.2. The highest BCUT2D eigenvalue weighted by molar-refractivity contribution is 5.74. The SMILES string of the molecule is CNC(=O)N1CCNCC1C. The van der Waals surface area contributed by atoms with E-state index in [0.717, 1.165) is 19.6 Å². The Morgan fingerprint density at radius 1 is 1.73 bits per heavy atom. The second kappa shape index (κ2) is 3.57. The predicted octanol–water partition coefficient (Wildman–Crippen LogP) is -0.380. The summed E-state index contributed by atoms with van der Waals surface area (Å²) in [6, 6.07) is 0.336. The van der Waals surface area contributed by atoms with Gasteiger partial charge in [-0.3, -0.25) is 0 Å². The Balaban J connectivity index is 2.47. The number of amides is 2. The molecule has 1 rings (SSSR count). The van der Waals surface area contributed by atoms with Gasteiger partial charge in [-0.2, -0.15) is 0 Å². The van der Waals surface area contributed by atoms with Crippen molar-refractivity contribution in [1.82, 2.24) is 15.5 Å². The summed E-state index contributed by atoms with van der Waals surface area (Å²) in [5.74, 6) is 0. The van der Waals surface area contributed by atoms with E-state index >= 15 is 0 Å². The van der Waals surface area contributed by atoms with Crippen molar-refractivity contribution in [3.05, 3.63) is 0 Å². The van der Waals surface area contributed by atoms with Gasteiger partial charge in [0.1, 0.15) is 0 Å². The van der Waals surface area contributed by atoms with E-state index in [4.69, 9.17) is 0 Å². The van der Waals surface area contributed by atoms with Crippen LogP contribution >= 0.6 is 0 Å². The molecule has 0 aromatic carbocycles. The van der Waals surface area contributed by atoms with Crippen molar-refractivity contribution < 1.29 is 4.79 Å². The third-order valence-corrected chi connectivity index (χ3v) is 1.98. The van der Waals surface area contributed by atoms with E-state index in [9.17, 15) is 4.79 Å². The van der Waals surface area contributed by atoms with E-state index in [-0.39, 0.29) is 6.03 Å². The third kappa shape index (κ3) is 1.83. The number of hydrogen-bond acceptors (Lipinski definition) is 2. The normalized spacial score (nSPS) is 24.9. The molecule has 4 heteroatoms. The van der Waals surface area contributed by atoms with Gasteiger partial charge in [-0.25, -0.2) is 4.79 Å². The van der Waals surface area contributed by atoms with E-state index in [2.05, 4.69) is 10.6 Å². The number of nitrogens with one attached hydrogen (secondary N) is 2. The highest BCUT2D eigenvalue weighted by Gasteiger charge is 2.21. The molecule has 0 aromatic rings. The van der Waals surface area contributed by atoms with Crippen molar-refractivity contribution in [3.63, 3.8) is 0 Å². The fourth-order valence-electron chi connectivity index (χ4n) is 1.29. The molecule has 2 amide bonds. The molecular weight excluding hydrogens is 142 g/mol. The van der Waals surface area contributed by atoms with Crippen LogP contribution in [0.5, 0.6) is 0 Å². The number of hydrogen-bond donors (Lipinski definition) is 2. The monoisotopic (exact) mass is 157 g/mol. The molecular formula is C7H15N3O. The highest BCUT2D eigenvalue weighted by atomic mass is 16.2. The molecule has 4 nitrogen and oxygen atoms in total. The first kappa shape index (κ1) is 8.33. The summed E-state index contributed by atoms with van der Waals surface area (Å²) >= 11 is 0. The molecule has 1 unspecified atom stereocenters. The maximum atomic E-state index is 11.2. The number of carbonyl (C=O) groups is 1. The molecule has 0 radical (unpaired) electrons. The predicted molar refractivity (Wildman–Crippen MR) is 43.5 cm³/mol. The maximum Gasteiger partial charge on any atom is 0.317 e. The van der Waals surface area contributed by atoms with Crippen LogP contribution in [0.4, 0.5) is 4.79 Å². The van der Waals surface area contributed by atoms with E-state index in [1.165, 1.54) is 0 Å². The Bertz CT molecular complexity index is 149. The Morgan fingerprint density at radius 2 is 2.45 bits per heavy atom. The molecule has 1 saturated heterocycles. The molecule has 0 aliphatic carbocycles. The summed E-state index contributed by atoms with van der Waals surface area (Å²) < 4.78 is 0. The topological polar surface area (TPSA) is 44.4 Å². The molecule has 0 aromatic heterocycles. The molecule has 11 heavy (non-hydrogen) atoms. The zero-order valence-electron chi connectivity index (χ0n) is 7.05. The third-order valence-electron chi connectivity index (χ3n) is 1.98. The molecule has 1 aliphatic heterocycles. The second-order valence-electron chi connectivity index (χ2n) is 2.80. The molecule has 0 saturated carbocycles. The van der Waals surface area contributed by atoms with Crippen LogP contribution in [-0.2, 0) is 0 Å². The lowest BCUT2D eigenvalue weighted by Crippen LogP contribution is -2.54. The van der Waals surface area contributed by atoms with Gasteiger partial charge in [0.2, 0.25) is 0 Å². The summed E-state index contributed by atoms with van der Waals surface area (Å²) in [4.78, 5) is 13.0. The van der Waals surface area contributed by atoms with Crippen LogP contribution in [0.25, 0.3) is 0 Å². The van der Waals surface area contributed by atoms with Crippen LogP contribution < -0.4 is 10.6 Å². The summed E-state index contributed by atoms with van der Waals surface area (Å²) in [7, 11) is 1.66. The van der Waals surface area contributed by atoms with Crippen LogP contribution in [0.15, 0.2) is 0 Å². The first-order valence-corrected chi connectivity index (χ1v) is 3.94. The minimum Gasteiger partial charge on any atom is -0.341 e. The standard InChI is InChI=1S/C7H15N3O/c1-6-5-9-3-4-10(6)7(11)8-2/h6,9H,3-5H2,1-2H3,(H,8,11). The van der Waals surface area contributed by atoms with Gasteiger partial charge in [0.25, 0.3) is 0 Å². The van der Waals surface area contributed by atoms with E-state index < -0.39 is 0 Å². The van der Waals surface area contributed by atoms with Gasteiger partial charge < -0.3 is 15.5 Å². The minimum absolute atomic E-state index is 0.0269. The number of nitrogens with zero attached hydrogens (tertiary/aromatic N) is 1. The van der Waals surface area contributed by atoms with Gasteiger partial charge in [0.05, 0.1) is 0 Å². The number of piperazine rings is 1. The van der Waals surface area contributed by atoms with Crippen LogP contribution in [-0.4, -0.2) is 43.7 Å². The Morgan fingerprint density at radius 3 is 3.00 bits per heavy atom. The van der Waals surface area contributed by atoms with Crippen LogP contribution in [0.3, 0.4) is 0 Å². The minimum atomic E-state index is 0.0269. The quantitative estimate of drug-likeness (QED) is 0.503. The van der Waals surface area contributed by atoms with E-state index in [1.807, 2.05) is 11.8 Å². The Hall–Kier alpha value is -0.770. The van der Waals surface area contributed by atoms with Crippen molar-refractivity contribution in [3.8, 4) is 0 Å². The van der Waals surface area contributed by atoms with Crippen molar-refractivity contribution in [2.24, 2.45) is 0 Å². The van der Waals surface area contributed by atoms with Crippen molar-refractivity contribution in [2.75, 3.05) is 26.7 Å². The van der Waals surface area contributed by atoms with Crippen molar-refractivity contribution in [1.29, 1.82) is 0 Å². The summed E-state index contributed by atoms with van der Waals surface area (Å²) in [6.45, 7) is 4.65. The molecule has 0 bridgehead atoms. The number of urea groups is 1. The fourth-order valence-corrected chi connectivity index (χ4v) is 1.29. The molecule has 2 N–H and O–H groups in total. The molecule has 1 heterocycles. The summed E-state index contributed by atoms with van der Waals surface area (Å²) in [5.41, 5.74) is 0. The van der Waals surface area contributed by atoms with Crippen LogP contribution in [0.2, 0.25) is 0 Å². The Kier molecular flexibility index (Phi) is 2.70. The largest absolute Gasteiger partial charge is 0.341 e. The molecule has 0 spiro atoms. The van der Waals surface area contributed by atoms with Crippen LogP contribution in [0.1, 0.15) is 6.92 Å². The fraction of sp³-hybridized carbons (Fsp3) is 0.857. The maximum absolute atomic E-state index is 11.2.